The third-order valence-electron chi connectivity index (χ3n) is 5.90. The number of fused-ring (bicyclic) bond motifs is 3. The van der Waals surface area contributed by atoms with E-state index >= 15 is 0 Å². The Morgan fingerprint density at radius 2 is 1.57 bits per heavy atom. The number of alkyl carbamates (subject to hydrolysis) is 1. The van der Waals surface area contributed by atoms with Gasteiger partial charge in [-0.15, -0.1) is 0 Å². The summed E-state index contributed by atoms with van der Waals surface area (Å²) >= 11 is 0. The van der Waals surface area contributed by atoms with Crippen molar-refractivity contribution in [2.75, 3.05) is 13.7 Å². The Morgan fingerprint density at radius 1 is 1.00 bits per heavy atom. The molecular weight excluding hydrogens is 448 g/mol. The van der Waals surface area contributed by atoms with Gasteiger partial charge in [0.05, 0.1) is 19.6 Å². The number of benzene rings is 2. The standard InChI is InChI=1S/C27H34N2O6/c1-27(2,3)35-25(32)28-16-10-9-11-18(17-23(30)31)29(26(33)34-4)24-21-14-7-5-12-19(21)20-13-6-8-15-22(20)24/h5-8,12-15,18,24H,9-11,16-17H2,1-4H3,(H,28,32)(H,30,31)/t18-/m0/s1. The zero-order valence-electron chi connectivity index (χ0n) is 20.7. The molecule has 8 heteroatoms. The largest absolute Gasteiger partial charge is 0.481 e. The highest BCUT2D eigenvalue weighted by Gasteiger charge is 2.40. The van der Waals surface area contributed by atoms with Crippen molar-refractivity contribution in [2.24, 2.45) is 0 Å². The van der Waals surface area contributed by atoms with Gasteiger partial charge in [-0.05, 0) is 62.3 Å². The first kappa shape index (κ1) is 26.1. The number of hydrogen-bond acceptors (Lipinski definition) is 5. The number of nitrogens with zero attached hydrogens (tertiary/aromatic N) is 1. The third-order valence-corrected chi connectivity index (χ3v) is 5.90. The first-order valence-electron chi connectivity index (χ1n) is 11.9. The molecule has 1 aliphatic rings. The lowest BCUT2D eigenvalue weighted by Gasteiger charge is -2.36. The zero-order valence-corrected chi connectivity index (χ0v) is 20.7. The summed E-state index contributed by atoms with van der Waals surface area (Å²) in [5.74, 6) is -0.990. The molecule has 0 saturated carbocycles. The van der Waals surface area contributed by atoms with Crippen LogP contribution >= 0.6 is 0 Å². The van der Waals surface area contributed by atoms with Crippen LogP contribution in [0.25, 0.3) is 11.1 Å². The number of carboxylic acids is 1. The maximum atomic E-state index is 13.1. The van der Waals surface area contributed by atoms with Gasteiger partial charge in [-0.2, -0.15) is 0 Å². The molecule has 2 N–H and O–H groups in total. The van der Waals surface area contributed by atoms with Crippen LogP contribution < -0.4 is 5.32 Å². The molecule has 1 atom stereocenters. The van der Waals surface area contributed by atoms with E-state index in [1.807, 2.05) is 48.5 Å². The van der Waals surface area contributed by atoms with Gasteiger partial charge in [-0.1, -0.05) is 48.5 Å². The zero-order chi connectivity index (χ0) is 25.6. The predicted molar refractivity (Wildman–Crippen MR) is 132 cm³/mol. The van der Waals surface area contributed by atoms with Crippen molar-refractivity contribution in [3.63, 3.8) is 0 Å². The van der Waals surface area contributed by atoms with Crippen molar-refractivity contribution >= 4 is 18.2 Å². The summed E-state index contributed by atoms with van der Waals surface area (Å²) in [6, 6.07) is 14.7. The van der Waals surface area contributed by atoms with Crippen molar-refractivity contribution in [1.29, 1.82) is 0 Å². The summed E-state index contributed by atoms with van der Waals surface area (Å²) in [6.45, 7) is 5.78. The summed E-state index contributed by atoms with van der Waals surface area (Å²) in [5, 5.41) is 12.4. The SMILES string of the molecule is COC(=O)N(C1c2ccccc2-c2ccccc21)[C@@H](CCCCNC(=O)OC(C)(C)C)CC(=O)O. The molecular formula is C27H34N2O6. The normalized spacial score (nSPS) is 13.4. The lowest BCUT2D eigenvalue weighted by molar-refractivity contribution is -0.138. The maximum absolute atomic E-state index is 13.1. The first-order valence-corrected chi connectivity index (χ1v) is 11.9. The summed E-state index contributed by atoms with van der Waals surface area (Å²) < 4.78 is 10.4. The van der Waals surface area contributed by atoms with Crippen LogP contribution in [0.4, 0.5) is 9.59 Å². The minimum Gasteiger partial charge on any atom is -0.481 e. The Bertz CT molecular complexity index is 1020. The number of carbonyl (C=O) groups is 3. The Hall–Kier alpha value is -3.55. The van der Waals surface area contributed by atoms with E-state index in [1.54, 1.807) is 25.7 Å². The van der Waals surface area contributed by atoms with Crippen molar-refractivity contribution in [1.82, 2.24) is 10.2 Å². The topological polar surface area (TPSA) is 105 Å². The molecule has 3 rings (SSSR count). The van der Waals surface area contributed by atoms with Crippen molar-refractivity contribution < 1.29 is 29.0 Å². The number of hydrogen-bond donors (Lipinski definition) is 2. The van der Waals surface area contributed by atoms with E-state index in [-0.39, 0.29) is 6.42 Å². The molecule has 0 aliphatic heterocycles. The first-order chi connectivity index (χ1) is 16.6. The van der Waals surface area contributed by atoms with E-state index in [0.717, 1.165) is 22.3 Å². The van der Waals surface area contributed by atoms with Crippen LogP contribution in [0.2, 0.25) is 0 Å². The molecule has 0 fully saturated rings. The van der Waals surface area contributed by atoms with Crippen molar-refractivity contribution in [3.8, 4) is 11.1 Å². The Labute approximate surface area is 206 Å². The fraction of sp³-hybridized carbons (Fsp3) is 0.444. The molecule has 35 heavy (non-hydrogen) atoms. The Morgan fingerprint density at radius 3 is 2.09 bits per heavy atom. The maximum Gasteiger partial charge on any atom is 0.410 e. The quantitative estimate of drug-likeness (QED) is 0.466. The number of carboxylic acid groups (broad SMARTS) is 1. The van der Waals surface area contributed by atoms with Crippen LogP contribution in [-0.4, -0.2) is 53.5 Å². The molecule has 0 heterocycles. The van der Waals surface area contributed by atoms with Gasteiger partial charge in [0.15, 0.2) is 0 Å². The Balaban J connectivity index is 1.79. The van der Waals surface area contributed by atoms with Gasteiger partial charge in [0, 0.05) is 12.6 Å². The van der Waals surface area contributed by atoms with E-state index in [2.05, 4.69) is 5.32 Å². The van der Waals surface area contributed by atoms with E-state index in [4.69, 9.17) is 9.47 Å². The molecule has 2 aromatic rings. The minimum atomic E-state index is -0.990. The summed E-state index contributed by atoms with van der Waals surface area (Å²) in [4.78, 5) is 38.3. The van der Waals surface area contributed by atoms with Crippen LogP contribution in [0, 0.1) is 0 Å². The molecule has 0 bridgehead atoms. The van der Waals surface area contributed by atoms with Crippen LogP contribution in [0.1, 0.15) is 63.6 Å². The van der Waals surface area contributed by atoms with E-state index in [0.29, 0.717) is 25.8 Å². The van der Waals surface area contributed by atoms with Crippen LogP contribution in [0.3, 0.4) is 0 Å². The molecule has 0 unspecified atom stereocenters. The second-order valence-electron chi connectivity index (χ2n) is 9.63. The highest BCUT2D eigenvalue weighted by Crippen LogP contribution is 2.47. The number of methoxy groups -OCH3 is 1. The fourth-order valence-corrected chi connectivity index (χ4v) is 4.55. The van der Waals surface area contributed by atoms with Crippen LogP contribution in [0.15, 0.2) is 48.5 Å². The summed E-state index contributed by atoms with van der Waals surface area (Å²) in [6.07, 6.45) is 0.391. The molecule has 1 aliphatic carbocycles. The van der Waals surface area contributed by atoms with Gasteiger partial charge in [-0.3, -0.25) is 9.69 Å². The van der Waals surface area contributed by atoms with Gasteiger partial charge in [0.2, 0.25) is 0 Å². The average molecular weight is 483 g/mol. The van der Waals surface area contributed by atoms with Gasteiger partial charge in [-0.25, -0.2) is 9.59 Å². The van der Waals surface area contributed by atoms with Gasteiger partial charge in [0.25, 0.3) is 0 Å². The molecule has 0 saturated heterocycles. The molecule has 0 spiro atoms. The number of rotatable bonds is 9. The van der Waals surface area contributed by atoms with Crippen LogP contribution in [0.5, 0.6) is 0 Å². The number of nitrogens with one attached hydrogen (secondary N) is 1. The van der Waals surface area contributed by atoms with E-state index < -0.39 is 35.8 Å². The van der Waals surface area contributed by atoms with E-state index in [9.17, 15) is 19.5 Å². The van der Waals surface area contributed by atoms with Gasteiger partial charge >= 0.3 is 18.2 Å². The highest BCUT2D eigenvalue weighted by molar-refractivity contribution is 5.81. The lowest BCUT2D eigenvalue weighted by Crippen LogP contribution is -2.44. The van der Waals surface area contributed by atoms with Gasteiger partial charge in [0.1, 0.15) is 5.60 Å². The molecule has 2 aromatic carbocycles. The van der Waals surface area contributed by atoms with Crippen molar-refractivity contribution in [3.05, 3.63) is 59.7 Å². The molecule has 0 aromatic heterocycles. The van der Waals surface area contributed by atoms with E-state index in [1.165, 1.54) is 7.11 Å². The molecule has 8 nitrogen and oxygen atoms in total. The molecule has 188 valence electrons. The second kappa shape index (κ2) is 11.3. The number of amides is 2. The molecule has 2 amide bonds. The lowest BCUT2D eigenvalue weighted by atomic mass is 9.97. The minimum absolute atomic E-state index is 0.213. The highest BCUT2D eigenvalue weighted by atomic mass is 16.6. The number of aliphatic carboxylic acids is 1. The average Bonchev–Trinajstić information content (AvgIpc) is 3.11. The number of ether oxygens (including phenoxy) is 2. The number of carbonyl (C=O) groups excluding carboxylic acids is 2. The predicted octanol–water partition coefficient (Wildman–Crippen LogP) is 5.36. The monoisotopic (exact) mass is 482 g/mol. The third kappa shape index (κ3) is 6.53. The number of unbranched alkanes of at least 4 members (excludes halogenated alkanes) is 1. The second-order valence-corrected chi connectivity index (χ2v) is 9.63. The van der Waals surface area contributed by atoms with Crippen LogP contribution in [-0.2, 0) is 14.3 Å². The molecule has 0 radical (unpaired) electrons. The van der Waals surface area contributed by atoms with Gasteiger partial charge < -0.3 is 19.9 Å². The smallest absolute Gasteiger partial charge is 0.410 e. The summed E-state index contributed by atoms with van der Waals surface area (Å²) in [7, 11) is 1.31. The fourth-order valence-electron chi connectivity index (χ4n) is 4.55. The Kier molecular flexibility index (Phi) is 8.38. The van der Waals surface area contributed by atoms with Crippen molar-refractivity contribution in [2.45, 2.75) is 64.1 Å². The summed E-state index contributed by atoms with van der Waals surface area (Å²) in [5.41, 5.74) is 3.36.